The standard InChI is InChI=1S/C7H5IN2O/c1-10-3-5(2-9)7(11)6(8)4-10/h3-4H,1H3. The van der Waals surface area contributed by atoms with Gasteiger partial charge in [0.05, 0.1) is 3.57 Å². The third-order valence-electron chi connectivity index (χ3n) is 1.23. The summed E-state index contributed by atoms with van der Waals surface area (Å²) in [6, 6.07) is 1.84. The lowest BCUT2D eigenvalue weighted by molar-refractivity contribution is 0.889. The number of pyridine rings is 1. The van der Waals surface area contributed by atoms with E-state index in [0.717, 1.165) is 0 Å². The summed E-state index contributed by atoms with van der Waals surface area (Å²) in [5.74, 6) is 0. The van der Waals surface area contributed by atoms with Crippen molar-refractivity contribution < 1.29 is 0 Å². The molecule has 0 amide bonds. The van der Waals surface area contributed by atoms with Crippen molar-refractivity contribution in [2.75, 3.05) is 0 Å². The summed E-state index contributed by atoms with van der Waals surface area (Å²) in [6.07, 6.45) is 3.20. The molecule has 0 N–H and O–H groups in total. The molecule has 0 saturated heterocycles. The number of hydrogen-bond acceptors (Lipinski definition) is 2. The lowest BCUT2D eigenvalue weighted by atomic mass is 10.3. The van der Waals surface area contributed by atoms with Crippen molar-refractivity contribution in [1.29, 1.82) is 5.26 Å². The van der Waals surface area contributed by atoms with Gasteiger partial charge in [0.1, 0.15) is 11.6 Å². The number of nitrogens with zero attached hydrogens (tertiary/aromatic N) is 2. The van der Waals surface area contributed by atoms with Gasteiger partial charge in [-0.3, -0.25) is 4.79 Å². The molecule has 1 heterocycles. The molecule has 1 aromatic heterocycles. The molecule has 0 radical (unpaired) electrons. The quantitative estimate of drug-likeness (QED) is 0.649. The van der Waals surface area contributed by atoms with Crippen molar-refractivity contribution in [3.8, 4) is 6.07 Å². The van der Waals surface area contributed by atoms with Crippen LogP contribution in [0.25, 0.3) is 0 Å². The fourth-order valence-electron chi connectivity index (χ4n) is 0.745. The minimum Gasteiger partial charge on any atom is -0.355 e. The predicted octanol–water partition coefficient (Wildman–Crippen LogP) is 0.862. The van der Waals surface area contributed by atoms with E-state index < -0.39 is 0 Å². The van der Waals surface area contributed by atoms with Crippen LogP contribution in [0.2, 0.25) is 0 Å². The molecule has 0 atom stereocenters. The maximum Gasteiger partial charge on any atom is 0.212 e. The molecule has 1 rings (SSSR count). The van der Waals surface area contributed by atoms with Crippen LogP contribution in [-0.2, 0) is 7.05 Å². The second-order valence-corrected chi connectivity index (χ2v) is 3.29. The molecule has 3 nitrogen and oxygen atoms in total. The van der Waals surface area contributed by atoms with Gasteiger partial charge in [0.2, 0.25) is 5.43 Å². The molecule has 0 spiro atoms. The van der Waals surface area contributed by atoms with Gasteiger partial charge in [0, 0.05) is 19.4 Å². The van der Waals surface area contributed by atoms with E-state index in [2.05, 4.69) is 0 Å². The minimum atomic E-state index is -0.189. The first kappa shape index (κ1) is 8.27. The summed E-state index contributed by atoms with van der Waals surface area (Å²) in [6.45, 7) is 0. The zero-order chi connectivity index (χ0) is 8.43. The second-order valence-electron chi connectivity index (χ2n) is 2.13. The van der Waals surface area contributed by atoms with Gasteiger partial charge in [0.15, 0.2) is 0 Å². The van der Waals surface area contributed by atoms with Crippen LogP contribution in [0.3, 0.4) is 0 Å². The van der Waals surface area contributed by atoms with Gasteiger partial charge in [-0.15, -0.1) is 0 Å². The Balaban J connectivity index is 3.52. The van der Waals surface area contributed by atoms with E-state index in [1.807, 2.05) is 28.7 Å². The van der Waals surface area contributed by atoms with Gasteiger partial charge in [0.25, 0.3) is 0 Å². The Hall–Kier alpha value is -0.830. The van der Waals surface area contributed by atoms with Gasteiger partial charge in [-0.2, -0.15) is 5.26 Å². The van der Waals surface area contributed by atoms with E-state index in [9.17, 15) is 4.79 Å². The van der Waals surface area contributed by atoms with Crippen molar-refractivity contribution in [3.05, 3.63) is 31.8 Å². The number of aryl methyl sites for hydroxylation is 1. The number of rotatable bonds is 0. The topological polar surface area (TPSA) is 45.8 Å². The summed E-state index contributed by atoms with van der Waals surface area (Å²) < 4.78 is 2.27. The van der Waals surface area contributed by atoms with Crippen LogP contribution < -0.4 is 5.43 Å². The lowest BCUT2D eigenvalue weighted by Gasteiger charge is -1.97. The molecule has 0 aliphatic rings. The summed E-state index contributed by atoms with van der Waals surface area (Å²) in [5.41, 5.74) is 0.00519. The smallest absolute Gasteiger partial charge is 0.212 e. The summed E-state index contributed by atoms with van der Waals surface area (Å²) in [4.78, 5) is 11.1. The fourth-order valence-corrected chi connectivity index (χ4v) is 1.48. The van der Waals surface area contributed by atoms with E-state index in [1.54, 1.807) is 17.8 Å². The van der Waals surface area contributed by atoms with Crippen molar-refractivity contribution in [3.63, 3.8) is 0 Å². The van der Waals surface area contributed by atoms with Gasteiger partial charge >= 0.3 is 0 Å². The number of nitriles is 1. The maximum absolute atomic E-state index is 11.1. The first-order valence-corrected chi connectivity index (χ1v) is 3.99. The molecule has 4 heteroatoms. The zero-order valence-electron chi connectivity index (χ0n) is 5.84. The monoisotopic (exact) mass is 260 g/mol. The Kier molecular flexibility index (Phi) is 2.29. The largest absolute Gasteiger partial charge is 0.355 e. The van der Waals surface area contributed by atoms with Crippen LogP contribution in [0, 0.1) is 14.9 Å². The van der Waals surface area contributed by atoms with Gasteiger partial charge < -0.3 is 4.57 Å². The normalized spacial score (nSPS) is 9.18. The van der Waals surface area contributed by atoms with Crippen molar-refractivity contribution in [2.45, 2.75) is 0 Å². The molecular formula is C7H5IN2O. The highest BCUT2D eigenvalue weighted by atomic mass is 127. The molecule has 0 bridgehead atoms. The van der Waals surface area contributed by atoms with Gasteiger partial charge in [-0.05, 0) is 22.6 Å². The zero-order valence-corrected chi connectivity index (χ0v) is 7.99. The Bertz CT molecular complexity index is 375. The minimum absolute atomic E-state index is 0.189. The molecule has 0 aliphatic heterocycles. The highest BCUT2D eigenvalue weighted by molar-refractivity contribution is 14.1. The summed E-state index contributed by atoms with van der Waals surface area (Å²) in [5, 5.41) is 8.50. The highest BCUT2D eigenvalue weighted by Crippen LogP contribution is 1.98. The van der Waals surface area contributed by atoms with Crippen molar-refractivity contribution in [1.82, 2.24) is 4.57 Å². The molecule has 56 valence electrons. The first-order chi connectivity index (χ1) is 5.15. The van der Waals surface area contributed by atoms with E-state index >= 15 is 0 Å². The average Bonchev–Trinajstić information content (AvgIpc) is 1.96. The Morgan fingerprint density at radius 2 is 2.27 bits per heavy atom. The molecule has 0 fully saturated rings. The Morgan fingerprint density at radius 3 is 2.82 bits per heavy atom. The Labute approximate surface area is 77.4 Å². The SMILES string of the molecule is Cn1cc(I)c(=O)c(C#N)c1. The van der Waals surface area contributed by atoms with E-state index in [4.69, 9.17) is 5.26 Å². The third kappa shape index (κ3) is 1.60. The molecule has 0 unspecified atom stereocenters. The first-order valence-electron chi connectivity index (χ1n) is 2.91. The van der Waals surface area contributed by atoms with Crippen LogP contribution in [0.5, 0.6) is 0 Å². The van der Waals surface area contributed by atoms with Crippen LogP contribution in [-0.4, -0.2) is 4.57 Å². The summed E-state index contributed by atoms with van der Waals surface area (Å²) >= 11 is 1.91. The van der Waals surface area contributed by atoms with E-state index in [1.165, 1.54) is 6.20 Å². The van der Waals surface area contributed by atoms with Crippen LogP contribution in [0.4, 0.5) is 0 Å². The molecule has 1 aromatic rings. The van der Waals surface area contributed by atoms with E-state index in [-0.39, 0.29) is 11.0 Å². The lowest BCUT2D eigenvalue weighted by Crippen LogP contribution is -2.12. The fraction of sp³-hybridized carbons (Fsp3) is 0.143. The van der Waals surface area contributed by atoms with Crippen molar-refractivity contribution in [2.24, 2.45) is 7.05 Å². The second kappa shape index (κ2) is 3.05. The van der Waals surface area contributed by atoms with Gasteiger partial charge in [-0.25, -0.2) is 0 Å². The molecular weight excluding hydrogens is 255 g/mol. The molecule has 0 saturated carbocycles. The predicted molar refractivity (Wildman–Crippen MR) is 49.1 cm³/mol. The maximum atomic E-state index is 11.1. The average molecular weight is 260 g/mol. The Morgan fingerprint density at radius 1 is 1.64 bits per heavy atom. The van der Waals surface area contributed by atoms with Gasteiger partial charge in [-0.1, -0.05) is 0 Å². The highest BCUT2D eigenvalue weighted by Gasteiger charge is 2.01. The molecule has 0 aliphatic carbocycles. The number of aromatic nitrogens is 1. The van der Waals surface area contributed by atoms with Crippen LogP contribution in [0.1, 0.15) is 5.56 Å². The van der Waals surface area contributed by atoms with E-state index in [0.29, 0.717) is 3.57 Å². The third-order valence-corrected chi connectivity index (χ3v) is 2.00. The number of halogens is 1. The molecule has 11 heavy (non-hydrogen) atoms. The van der Waals surface area contributed by atoms with Crippen LogP contribution in [0.15, 0.2) is 17.2 Å². The van der Waals surface area contributed by atoms with Crippen LogP contribution >= 0.6 is 22.6 Å². The van der Waals surface area contributed by atoms with Crippen molar-refractivity contribution >= 4 is 22.6 Å². The number of hydrogen-bond donors (Lipinski definition) is 0. The summed E-state index contributed by atoms with van der Waals surface area (Å²) in [7, 11) is 1.78. The molecule has 0 aromatic carbocycles.